The Morgan fingerprint density at radius 2 is 2.27 bits per heavy atom. The van der Waals surface area contributed by atoms with Crippen LogP contribution in [0, 0.1) is 12.7 Å². The molecule has 0 amide bonds. The van der Waals surface area contributed by atoms with Crippen molar-refractivity contribution in [3.05, 3.63) is 40.2 Å². The molecule has 2 aromatic rings. The number of pyridine rings is 1. The lowest BCUT2D eigenvalue weighted by molar-refractivity contribution is 0.607. The van der Waals surface area contributed by atoms with Crippen molar-refractivity contribution in [2.45, 2.75) is 6.92 Å². The van der Waals surface area contributed by atoms with Crippen molar-refractivity contribution >= 4 is 5.82 Å². The van der Waals surface area contributed by atoms with E-state index in [9.17, 15) is 9.18 Å². The highest BCUT2D eigenvalue weighted by atomic mass is 19.1. The monoisotopic (exact) mass is 208 g/mol. The van der Waals surface area contributed by atoms with E-state index in [0.29, 0.717) is 11.5 Å². The third kappa shape index (κ3) is 1.50. The predicted octanol–water partition coefficient (Wildman–Crippen LogP) is 0.590. The highest BCUT2D eigenvalue weighted by molar-refractivity contribution is 5.36. The lowest BCUT2D eigenvalue weighted by Crippen LogP contribution is -2.16. The molecule has 0 fully saturated rings. The van der Waals surface area contributed by atoms with Crippen molar-refractivity contribution in [1.29, 1.82) is 0 Å². The number of aryl methyl sites for hydroxylation is 1. The van der Waals surface area contributed by atoms with E-state index in [1.807, 2.05) is 0 Å². The third-order valence-corrected chi connectivity index (χ3v) is 2.03. The molecule has 0 aliphatic carbocycles. The van der Waals surface area contributed by atoms with Crippen LogP contribution < -0.4 is 11.3 Å². The molecule has 0 saturated carbocycles. The van der Waals surface area contributed by atoms with Crippen molar-refractivity contribution in [3.63, 3.8) is 0 Å². The van der Waals surface area contributed by atoms with Crippen LogP contribution in [0.4, 0.5) is 10.2 Å². The topological polar surface area (TPSA) is 76.7 Å². The Morgan fingerprint density at radius 3 is 2.73 bits per heavy atom. The zero-order valence-corrected chi connectivity index (χ0v) is 7.99. The fraction of sp³-hybridized carbons (Fsp3) is 0.111. The zero-order chi connectivity index (χ0) is 11.0. The van der Waals surface area contributed by atoms with Crippen molar-refractivity contribution in [2.75, 3.05) is 5.73 Å². The van der Waals surface area contributed by atoms with E-state index in [0.717, 1.165) is 4.68 Å². The van der Waals surface area contributed by atoms with Gasteiger partial charge in [-0.1, -0.05) is 0 Å². The highest BCUT2D eigenvalue weighted by Gasteiger charge is 2.11. The number of hydrogen-bond acceptors (Lipinski definition) is 3. The summed E-state index contributed by atoms with van der Waals surface area (Å²) in [5.41, 5.74) is 5.31. The number of nitrogens with two attached hydrogens (primary N) is 1. The van der Waals surface area contributed by atoms with Crippen LogP contribution in [-0.4, -0.2) is 14.8 Å². The molecule has 0 atom stereocenters. The van der Waals surface area contributed by atoms with Gasteiger partial charge in [-0.25, -0.2) is 9.67 Å². The summed E-state index contributed by atoms with van der Waals surface area (Å²) in [6.45, 7) is 1.48. The second-order valence-electron chi connectivity index (χ2n) is 3.13. The minimum absolute atomic E-state index is 0.192. The SMILES string of the molecule is Cc1[nH]n(-c2ccc(N)nc2)c(=O)c1F. The van der Waals surface area contributed by atoms with Gasteiger partial charge in [-0.15, -0.1) is 0 Å². The number of aromatic amines is 1. The number of nitrogen functional groups attached to an aromatic ring is 1. The summed E-state index contributed by atoms with van der Waals surface area (Å²) in [5.74, 6) is -0.442. The summed E-state index contributed by atoms with van der Waals surface area (Å²) in [6.07, 6.45) is 1.39. The first-order valence-corrected chi connectivity index (χ1v) is 4.28. The summed E-state index contributed by atoms with van der Waals surface area (Å²) >= 11 is 0. The number of aromatic nitrogens is 3. The van der Waals surface area contributed by atoms with Crippen molar-refractivity contribution in [2.24, 2.45) is 0 Å². The van der Waals surface area contributed by atoms with E-state index in [-0.39, 0.29) is 5.69 Å². The first-order chi connectivity index (χ1) is 7.09. The summed E-state index contributed by atoms with van der Waals surface area (Å²) in [5, 5.41) is 2.60. The van der Waals surface area contributed by atoms with Crippen LogP contribution in [0.1, 0.15) is 5.69 Å². The minimum Gasteiger partial charge on any atom is -0.384 e. The smallest absolute Gasteiger partial charge is 0.307 e. The van der Waals surface area contributed by atoms with Gasteiger partial charge in [-0.3, -0.25) is 9.89 Å². The van der Waals surface area contributed by atoms with Gasteiger partial charge in [-0.2, -0.15) is 4.39 Å². The second kappa shape index (κ2) is 3.23. The number of nitrogens with zero attached hydrogens (tertiary/aromatic N) is 2. The number of anilines is 1. The first-order valence-electron chi connectivity index (χ1n) is 4.28. The Morgan fingerprint density at radius 1 is 1.53 bits per heavy atom. The fourth-order valence-electron chi connectivity index (χ4n) is 1.24. The maximum Gasteiger partial charge on any atom is 0.307 e. The molecule has 2 aromatic heterocycles. The lowest BCUT2D eigenvalue weighted by atomic mass is 10.4. The molecule has 15 heavy (non-hydrogen) atoms. The van der Waals surface area contributed by atoms with Gasteiger partial charge in [0.05, 0.1) is 17.6 Å². The highest BCUT2D eigenvalue weighted by Crippen LogP contribution is 2.06. The Labute approximate surface area is 84.3 Å². The minimum atomic E-state index is -0.785. The van der Waals surface area contributed by atoms with Crippen molar-refractivity contribution in [1.82, 2.24) is 14.8 Å². The van der Waals surface area contributed by atoms with Gasteiger partial charge in [0.2, 0.25) is 5.82 Å². The molecule has 5 nitrogen and oxygen atoms in total. The van der Waals surface area contributed by atoms with Crippen LogP contribution in [0.25, 0.3) is 5.69 Å². The van der Waals surface area contributed by atoms with Crippen molar-refractivity contribution < 1.29 is 4.39 Å². The normalized spacial score (nSPS) is 10.5. The Kier molecular flexibility index (Phi) is 2.03. The molecule has 78 valence electrons. The molecule has 3 N–H and O–H groups in total. The van der Waals surface area contributed by atoms with Gasteiger partial charge in [0.15, 0.2) is 0 Å². The third-order valence-electron chi connectivity index (χ3n) is 2.03. The first kappa shape index (κ1) is 9.45. The fourth-order valence-corrected chi connectivity index (χ4v) is 1.24. The standard InChI is InChI=1S/C9H9FN4O/c1-5-8(10)9(15)14(13-5)6-2-3-7(11)12-4-6/h2-4,13H,1H3,(H2,11,12). The van der Waals surface area contributed by atoms with E-state index in [1.165, 1.54) is 19.2 Å². The van der Waals surface area contributed by atoms with Gasteiger partial charge in [-0.05, 0) is 19.1 Å². The maximum atomic E-state index is 13.1. The average Bonchev–Trinajstić information content (AvgIpc) is 2.47. The van der Waals surface area contributed by atoms with Crippen LogP contribution in [0.15, 0.2) is 23.1 Å². The van der Waals surface area contributed by atoms with E-state index in [1.54, 1.807) is 6.07 Å². The summed E-state index contributed by atoms with van der Waals surface area (Å²) in [4.78, 5) is 15.2. The number of halogens is 1. The van der Waals surface area contributed by atoms with Crippen LogP contribution in [0.3, 0.4) is 0 Å². The molecule has 0 aromatic carbocycles. The van der Waals surface area contributed by atoms with Gasteiger partial charge < -0.3 is 5.73 Å². The second-order valence-corrected chi connectivity index (χ2v) is 3.13. The van der Waals surface area contributed by atoms with Crippen LogP contribution in [-0.2, 0) is 0 Å². The van der Waals surface area contributed by atoms with E-state index in [2.05, 4.69) is 10.1 Å². The van der Waals surface area contributed by atoms with E-state index < -0.39 is 11.4 Å². The maximum absolute atomic E-state index is 13.1. The Balaban J connectivity index is 2.59. The molecule has 0 bridgehead atoms. The molecule has 2 heterocycles. The molecular weight excluding hydrogens is 199 g/mol. The Hall–Kier alpha value is -2.11. The predicted molar refractivity (Wildman–Crippen MR) is 53.3 cm³/mol. The molecular formula is C9H9FN4O. The van der Waals surface area contributed by atoms with Crippen LogP contribution in [0.5, 0.6) is 0 Å². The number of rotatable bonds is 1. The molecule has 6 heteroatoms. The molecule has 0 aliphatic heterocycles. The lowest BCUT2D eigenvalue weighted by Gasteiger charge is -2.00. The van der Waals surface area contributed by atoms with Gasteiger partial charge in [0.1, 0.15) is 5.82 Å². The molecule has 0 unspecified atom stereocenters. The molecule has 2 rings (SSSR count). The number of H-pyrrole nitrogens is 1. The van der Waals surface area contributed by atoms with Gasteiger partial charge in [0.25, 0.3) is 0 Å². The largest absolute Gasteiger partial charge is 0.384 e. The molecule has 0 saturated heterocycles. The van der Waals surface area contributed by atoms with E-state index in [4.69, 9.17) is 5.73 Å². The number of hydrogen-bond donors (Lipinski definition) is 2. The van der Waals surface area contributed by atoms with Gasteiger partial charge in [0, 0.05) is 0 Å². The molecule has 0 aliphatic rings. The van der Waals surface area contributed by atoms with E-state index >= 15 is 0 Å². The molecule has 0 radical (unpaired) electrons. The van der Waals surface area contributed by atoms with Gasteiger partial charge >= 0.3 is 5.56 Å². The van der Waals surface area contributed by atoms with Crippen molar-refractivity contribution in [3.8, 4) is 5.69 Å². The summed E-state index contributed by atoms with van der Waals surface area (Å²) < 4.78 is 14.2. The molecule has 0 spiro atoms. The number of nitrogens with one attached hydrogen (secondary N) is 1. The van der Waals surface area contributed by atoms with Crippen LogP contribution in [0.2, 0.25) is 0 Å². The Bertz CT molecular complexity index is 540. The van der Waals surface area contributed by atoms with Crippen LogP contribution >= 0.6 is 0 Å². The summed E-state index contributed by atoms with van der Waals surface area (Å²) in [6, 6.07) is 3.12. The average molecular weight is 208 g/mol. The quantitative estimate of drug-likeness (QED) is 0.720. The summed E-state index contributed by atoms with van der Waals surface area (Å²) in [7, 11) is 0. The zero-order valence-electron chi connectivity index (χ0n) is 7.99.